The molecule has 2 heterocycles. The van der Waals surface area contributed by atoms with Crippen LogP contribution in [-0.2, 0) is 6.42 Å². The van der Waals surface area contributed by atoms with Crippen molar-refractivity contribution >= 4 is 12.1 Å². The Kier molecular flexibility index (Phi) is 6.39. The van der Waals surface area contributed by atoms with Gasteiger partial charge in [-0.3, -0.25) is 0 Å². The Bertz CT molecular complexity index is 1150. The first-order chi connectivity index (χ1) is 16.2. The van der Waals surface area contributed by atoms with Gasteiger partial charge in [0.2, 0.25) is 0 Å². The number of alkyl halides is 3. The maximum atomic E-state index is 13.2. The van der Waals surface area contributed by atoms with Gasteiger partial charge in [-0.25, -0.2) is 9.59 Å². The minimum absolute atomic E-state index is 0.151. The van der Waals surface area contributed by atoms with Crippen molar-refractivity contribution in [2.45, 2.75) is 18.8 Å². The first-order valence-corrected chi connectivity index (χ1v) is 10.3. The normalized spacial score (nSPS) is 16.4. The second-order valence-electron chi connectivity index (χ2n) is 7.67. The van der Waals surface area contributed by atoms with Crippen LogP contribution >= 0.6 is 0 Å². The number of piperazine rings is 1. The average molecular weight is 475 g/mol. The van der Waals surface area contributed by atoms with Crippen molar-refractivity contribution in [3.8, 4) is 17.0 Å². The van der Waals surface area contributed by atoms with Gasteiger partial charge in [-0.15, -0.1) is 18.3 Å². The van der Waals surface area contributed by atoms with Gasteiger partial charge in [-0.1, -0.05) is 35.5 Å². The molecule has 1 fully saturated rings. The second-order valence-corrected chi connectivity index (χ2v) is 7.67. The van der Waals surface area contributed by atoms with Crippen molar-refractivity contribution in [3.05, 3.63) is 66.4 Å². The van der Waals surface area contributed by atoms with Gasteiger partial charge in [-0.05, 0) is 36.2 Å². The summed E-state index contributed by atoms with van der Waals surface area (Å²) in [6, 6.07) is 13.6. The Balaban J connectivity index is 1.51. The number of halogens is 3. The first kappa shape index (κ1) is 23.1. The van der Waals surface area contributed by atoms with Crippen LogP contribution in [0.1, 0.15) is 5.56 Å². The van der Waals surface area contributed by atoms with Crippen molar-refractivity contribution in [2.24, 2.45) is 0 Å². The highest BCUT2D eigenvalue weighted by Gasteiger charge is 2.34. The summed E-state index contributed by atoms with van der Waals surface area (Å²) in [5.74, 6) is -0.375. The molecular formula is C22H20F3N5O4. The Morgan fingerprint density at radius 2 is 1.76 bits per heavy atom. The molecule has 12 heteroatoms. The lowest BCUT2D eigenvalue weighted by molar-refractivity contribution is -0.274. The molecule has 0 radical (unpaired) electrons. The Morgan fingerprint density at radius 1 is 1.06 bits per heavy atom. The number of hydrogen-bond acceptors (Lipinski definition) is 5. The van der Waals surface area contributed by atoms with Crippen LogP contribution in [0.3, 0.4) is 0 Å². The van der Waals surface area contributed by atoms with Crippen molar-refractivity contribution in [3.63, 3.8) is 0 Å². The number of nitrogens with zero attached hydrogens (tertiary/aromatic N) is 5. The molecule has 1 atom stereocenters. The van der Waals surface area contributed by atoms with Crippen molar-refractivity contribution in [1.29, 1.82) is 0 Å². The summed E-state index contributed by atoms with van der Waals surface area (Å²) in [4.78, 5) is 27.5. The van der Waals surface area contributed by atoms with E-state index in [4.69, 9.17) is 0 Å². The van der Waals surface area contributed by atoms with E-state index in [2.05, 4.69) is 15.0 Å². The van der Waals surface area contributed by atoms with Gasteiger partial charge in [0.25, 0.3) is 0 Å². The van der Waals surface area contributed by atoms with E-state index >= 15 is 0 Å². The van der Waals surface area contributed by atoms with Crippen molar-refractivity contribution < 1.29 is 32.6 Å². The molecule has 1 saturated heterocycles. The molecule has 34 heavy (non-hydrogen) atoms. The van der Waals surface area contributed by atoms with Crippen LogP contribution in [0.2, 0.25) is 0 Å². The van der Waals surface area contributed by atoms with E-state index in [1.54, 1.807) is 4.90 Å². The summed E-state index contributed by atoms with van der Waals surface area (Å²) in [6.45, 7) is 0.494. The van der Waals surface area contributed by atoms with Crippen LogP contribution in [0.4, 0.5) is 22.8 Å². The molecule has 0 aliphatic carbocycles. The molecule has 1 N–H and O–H groups in total. The van der Waals surface area contributed by atoms with Gasteiger partial charge < -0.3 is 19.6 Å². The highest BCUT2D eigenvalue weighted by molar-refractivity contribution is 5.78. The zero-order valence-corrected chi connectivity index (χ0v) is 17.7. The molecule has 4 rings (SSSR count). The fraction of sp³-hybridized carbons (Fsp3) is 0.273. The number of carbonyl (C=O) groups is 2. The smallest absolute Gasteiger partial charge is 0.465 e. The van der Waals surface area contributed by atoms with Gasteiger partial charge >= 0.3 is 18.5 Å². The maximum absolute atomic E-state index is 13.2. The topological polar surface area (TPSA) is 101 Å². The lowest BCUT2D eigenvalue weighted by Crippen LogP contribution is -2.58. The summed E-state index contributed by atoms with van der Waals surface area (Å²) < 4.78 is 41.9. The standard InChI is InChI=1S/C22H20F3N5O4/c23-22(24,25)34-18-8-6-16(7-9-18)19-14-30(27-26-19)20(31)29-11-10-28(21(32)33)13-17(29)12-15-4-2-1-3-5-15/h1-9,14,17H,10-13H2,(H,32,33)/t17-/m0/s1. The third kappa shape index (κ3) is 5.45. The third-order valence-corrected chi connectivity index (χ3v) is 5.39. The van der Waals surface area contributed by atoms with Gasteiger partial charge in [0.1, 0.15) is 11.4 Å². The number of ether oxygens (including phenoxy) is 1. The van der Waals surface area contributed by atoms with Gasteiger partial charge in [-0.2, -0.15) is 4.68 Å². The van der Waals surface area contributed by atoms with Crippen molar-refractivity contribution in [1.82, 2.24) is 24.8 Å². The summed E-state index contributed by atoms with van der Waals surface area (Å²) in [6.07, 6.45) is -4.01. The zero-order valence-electron chi connectivity index (χ0n) is 17.7. The third-order valence-electron chi connectivity index (χ3n) is 5.39. The molecule has 2 amide bonds. The van der Waals surface area contributed by atoms with Crippen LogP contribution in [0.25, 0.3) is 11.3 Å². The summed E-state index contributed by atoms with van der Waals surface area (Å²) in [5.41, 5.74) is 1.69. The molecule has 9 nitrogen and oxygen atoms in total. The fourth-order valence-electron chi connectivity index (χ4n) is 3.79. The van der Waals surface area contributed by atoms with E-state index < -0.39 is 24.5 Å². The zero-order chi connectivity index (χ0) is 24.3. The maximum Gasteiger partial charge on any atom is 0.573 e. The predicted octanol–water partition coefficient (Wildman–Crippen LogP) is 3.72. The minimum atomic E-state index is -4.79. The molecule has 0 saturated carbocycles. The lowest BCUT2D eigenvalue weighted by Gasteiger charge is -2.40. The first-order valence-electron chi connectivity index (χ1n) is 10.3. The van der Waals surface area contributed by atoms with E-state index in [1.807, 2.05) is 30.3 Å². The van der Waals surface area contributed by atoms with E-state index in [9.17, 15) is 27.9 Å². The second kappa shape index (κ2) is 9.41. The molecule has 1 aromatic heterocycles. The largest absolute Gasteiger partial charge is 0.573 e. The van der Waals surface area contributed by atoms with Gasteiger partial charge in [0.15, 0.2) is 0 Å². The Hall–Kier alpha value is -4.09. The number of aromatic nitrogens is 3. The molecule has 3 aromatic rings. The minimum Gasteiger partial charge on any atom is -0.465 e. The number of rotatable bonds is 4. The van der Waals surface area contributed by atoms with Gasteiger partial charge in [0, 0.05) is 25.2 Å². The molecule has 2 aromatic carbocycles. The molecule has 1 aliphatic rings. The summed E-state index contributed by atoms with van der Waals surface area (Å²) in [5, 5.41) is 17.2. The van der Waals surface area contributed by atoms with Crippen LogP contribution in [0, 0.1) is 0 Å². The number of benzene rings is 2. The van der Waals surface area contributed by atoms with E-state index in [-0.39, 0.29) is 31.1 Å². The van der Waals surface area contributed by atoms with Gasteiger partial charge in [0.05, 0.1) is 12.2 Å². The van der Waals surface area contributed by atoms with Crippen molar-refractivity contribution in [2.75, 3.05) is 19.6 Å². The predicted molar refractivity (Wildman–Crippen MR) is 113 cm³/mol. The summed E-state index contributed by atoms with van der Waals surface area (Å²) >= 11 is 0. The summed E-state index contributed by atoms with van der Waals surface area (Å²) in [7, 11) is 0. The monoisotopic (exact) mass is 475 g/mol. The SMILES string of the molecule is O=C(O)N1CCN(C(=O)n2cc(-c3ccc(OC(F)(F)F)cc3)nn2)[C@@H](Cc2ccccc2)C1. The highest BCUT2D eigenvalue weighted by Crippen LogP contribution is 2.26. The molecule has 0 spiro atoms. The quantitative estimate of drug-likeness (QED) is 0.617. The molecular weight excluding hydrogens is 455 g/mol. The van der Waals surface area contributed by atoms with Crippen LogP contribution < -0.4 is 4.74 Å². The highest BCUT2D eigenvalue weighted by atomic mass is 19.4. The molecule has 0 bridgehead atoms. The van der Waals surface area contributed by atoms with Crippen LogP contribution in [0.5, 0.6) is 5.75 Å². The average Bonchev–Trinajstić information content (AvgIpc) is 3.29. The van der Waals surface area contributed by atoms with E-state index in [0.29, 0.717) is 12.0 Å². The fourth-order valence-corrected chi connectivity index (χ4v) is 3.79. The Morgan fingerprint density at radius 3 is 2.41 bits per heavy atom. The number of hydrogen-bond donors (Lipinski definition) is 1. The molecule has 0 unspecified atom stereocenters. The number of carbonyl (C=O) groups excluding carboxylic acids is 1. The van der Waals surface area contributed by atoms with E-state index in [0.717, 1.165) is 22.4 Å². The number of amides is 2. The lowest BCUT2D eigenvalue weighted by atomic mass is 10.0. The number of carboxylic acid groups (broad SMARTS) is 1. The van der Waals surface area contributed by atoms with E-state index in [1.165, 1.54) is 23.2 Å². The molecule has 178 valence electrons. The Labute approximate surface area is 192 Å². The molecule has 1 aliphatic heterocycles. The van der Waals surface area contributed by atoms with Crippen LogP contribution in [-0.4, -0.2) is 74.1 Å². The van der Waals surface area contributed by atoms with Crippen LogP contribution in [0.15, 0.2) is 60.8 Å².